The van der Waals surface area contributed by atoms with Crippen LogP contribution in [-0.2, 0) is 10.0 Å². The van der Waals surface area contributed by atoms with Crippen molar-refractivity contribution in [2.24, 2.45) is 0 Å². The number of piperidine rings is 1. The minimum atomic E-state index is -3.57. The average molecular weight is 575 g/mol. The molecule has 5 rings (SSSR count). The van der Waals surface area contributed by atoms with Crippen LogP contribution in [0, 0.1) is 0 Å². The van der Waals surface area contributed by atoms with Gasteiger partial charge in [-0.05, 0) is 85.1 Å². The summed E-state index contributed by atoms with van der Waals surface area (Å²) < 4.78 is 28.3. The summed E-state index contributed by atoms with van der Waals surface area (Å²) in [5.41, 5.74) is 4.97. The Bertz CT molecular complexity index is 1420. The van der Waals surface area contributed by atoms with Gasteiger partial charge in [-0.2, -0.15) is 0 Å². The Balaban J connectivity index is 0.00000370. The van der Waals surface area contributed by atoms with Crippen LogP contribution in [0.15, 0.2) is 120 Å². The topological polar surface area (TPSA) is 40.6 Å². The number of likely N-dealkylation sites (N-methyl/N-ethyl adjacent to an activating group) is 1. The molecule has 1 atom stereocenters. The molecule has 0 radical (unpaired) electrons. The van der Waals surface area contributed by atoms with Crippen LogP contribution in [0.3, 0.4) is 0 Å². The first kappa shape index (κ1) is 30.0. The highest BCUT2D eigenvalue weighted by Gasteiger charge is 2.26. The number of sulfonamides is 1. The summed E-state index contributed by atoms with van der Waals surface area (Å²) in [6, 6.07) is 38.6. The number of hydrogen-bond donors (Lipinski definition) is 0. The van der Waals surface area contributed by atoms with Gasteiger partial charge in [0.2, 0.25) is 10.0 Å². The normalized spacial score (nSPS) is 15.4. The van der Waals surface area contributed by atoms with Crippen molar-refractivity contribution in [3.8, 4) is 11.1 Å². The largest absolute Gasteiger partial charge is 0.303 e. The third kappa shape index (κ3) is 7.41. The Kier molecular flexibility index (Phi) is 10.6. The van der Waals surface area contributed by atoms with Crippen molar-refractivity contribution >= 4 is 22.4 Å². The van der Waals surface area contributed by atoms with Gasteiger partial charge in [0.1, 0.15) is 0 Å². The van der Waals surface area contributed by atoms with Gasteiger partial charge in [0.05, 0.1) is 4.90 Å². The van der Waals surface area contributed by atoms with Crippen molar-refractivity contribution in [1.29, 1.82) is 0 Å². The smallest absolute Gasteiger partial charge is 0.242 e. The maximum absolute atomic E-state index is 13.4. The Morgan fingerprint density at radius 2 is 1.35 bits per heavy atom. The van der Waals surface area contributed by atoms with Gasteiger partial charge >= 0.3 is 0 Å². The van der Waals surface area contributed by atoms with Crippen LogP contribution in [0.4, 0.5) is 0 Å². The van der Waals surface area contributed by atoms with Gasteiger partial charge in [-0.25, -0.2) is 12.7 Å². The number of benzene rings is 4. The fourth-order valence-corrected chi connectivity index (χ4v) is 6.94. The molecule has 0 bridgehead atoms. The second-order valence-corrected chi connectivity index (χ2v) is 12.6. The molecule has 0 N–H and O–H groups in total. The van der Waals surface area contributed by atoms with E-state index >= 15 is 0 Å². The first-order valence-corrected chi connectivity index (χ1v) is 15.4. The minimum absolute atomic E-state index is 0. The highest BCUT2D eigenvalue weighted by molar-refractivity contribution is 7.89. The number of likely N-dealkylation sites (tertiary alicyclic amines) is 1. The van der Waals surface area contributed by atoms with E-state index in [0.29, 0.717) is 17.4 Å². The van der Waals surface area contributed by atoms with Crippen molar-refractivity contribution in [2.75, 3.05) is 33.2 Å². The third-order valence-corrected chi connectivity index (χ3v) is 9.88. The molecule has 210 valence electrons. The number of rotatable bonds is 10. The lowest BCUT2D eigenvalue weighted by molar-refractivity contribution is 0.203. The molecule has 1 aliphatic rings. The van der Waals surface area contributed by atoms with Crippen molar-refractivity contribution < 1.29 is 8.42 Å². The van der Waals surface area contributed by atoms with Crippen LogP contribution in [0.25, 0.3) is 11.1 Å². The maximum Gasteiger partial charge on any atom is 0.242 e. The summed E-state index contributed by atoms with van der Waals surface area (Å²) in [5.74, 6) is 0.715. The molecule has 4 nitrogen and oxygen atoms in total. The average Bonchev–Trinajstić information content (AvgIpc) is 3.00. The van der Waals surface area contributed by atoms with Gasteiger partial charge < -0.3 is 4.90 Å². The van der Waals surface area contributed by atoms with E-state index in [-0.39, 0.29) is 18.3 Å². The quantitative estimate of drug-likeness (QED) is 0.197. The third-order valence-electron chi connectivity index (χ3n) is 8.05. The van der Waals surface area contributed by atoms with Gasteiger partial charge in [-0.3, -0.25) is 0 Å². The molecule has 1 fully saturated rings. The van der Waals surface area contributed by atoms with E-state index in [4.69, 9.17) is 0 Å². The summed E-state index contributed by atoms with van der Waals surface area (Å²) >= 11 is 0. The summed E-state index contributed by atoms with van der Waals surface area (Å²) in [5, 5.41) is 0. The van der Waals surface area contributed by atoms with Gasteiger partial charge in [-0.15, -0.1) is 12.4 Å². The minimum Gasteiger partial charge on any atom is -0.303 e. The molecule has 0 aromatic heterocycles. The number of halogens is 1. The van der Waals surface area contributed by atoms with E-state index in [1.165, 1.54) is 33.8 Å². The van der Waals surface area contributed by atoms with Crippen molar-refractivity contribution in [3.05, 3.63) is 126 Å². The van der Waals surface area contributed by atoms with Crippen LogP contribution >= 0.6 is 12.4 Å². The lowest BCUT2D eigenvalue weighted by Gasteiger charge is -2.33. The molecule has 1 saturated heterocycles. The van der Waals surface area contributed by atoms with Crippen molar-refractivity contribution in [2.45, 2.75) is 36.0 Å². The van der Waals surface area contributed by atoms with Crippen molar-refractivity contribution in [3.63, 3.8) is 0 Å². The monoisotopic (exact) mass is 574 g/mol. The van der Waals surface area contributed by atoms with Gasteiger partial charge in [-0.1, -0.05) is 103 Å². The Labute approximate surface area is 246 Å². The highest BCUT2D eigenvalue weighted by atomic mass is 35.5. The van der Waals surface area contributed by atoms with Crippen LogP contribution in [0.5, 0.6) is 0 Å². The summed E-state index contributed by atoms with van der Waals surface area (Å²) in [7, 11) is -1.86. The molecule has 0 spiro atoms. The molecule has 0 saturated carbocycles. The molecule has 1 unspecified atom stereocenters. The predicted octanol–water partition coefficient (Wildman–Crippen LogP) is 7.45. The molecule has 0 amide bonds. The fraction of sp³-hybridized carbons (Fsp3) is 0.294. The fourth-order valence-electron chi connectivity index (χ4n) is 5.70. The number of nitrogens with zero attached hydrogens (tertiary/aromatic N) is 2. The first-order valence-electron chi connectivity index (χ1n) is 13.9. The van der Waals surface area contributed by atoms with E-state index in [1.807, 2.05) is 12.1 Å². The van der Waals surface area contributed by atoms with Crippen LogP contribution in [-0.4, -0.2) is 50.8 Å². The second kappa shape index (κ2) is 14.1. The van der Waals surface area contributed by atoms with E-state index in [2.05, 4.69) is 83.8 Å². The van der Waals surface area contributed by atoms with Crippen LogP contribution < -0.4 is 0 Å². The zero-order valence-electron chi connectivity index (χ0n) is 23.1. The SMILES string of the molecule is CN(CC(CCN1CCC(c2ccccc2)CC1)c1cccc(-c2ccccc2)c1)S(=O)(=O)c1ccccc1.Cl. The van der Waals surface area contributed by atoms with Gasteiger partial charge in [0.15, 0.2) is 0 Å². The van der Waals surface area contributed by atoms with Gasteiger partial charge in [0, 0.05) is 13.6 Å². The van der Waals surface area contributed by atoms with E-state index < -0.39 is 10.0 Å². The maximum atomic E-state index is 13.4. The molecule has 0 aliphatic carbocycles. The van der Waals surface area contributed by atoms with Crippen LogP contribution in [0.2, 0.25) is 0 Å². The molecule has 40 heavy (non-hydrogen) atoms. The summed E-state index contributed by atoms with van der Waals surface area (Å²) in [4.78, 5) is 2.89. The second-order valence-electron chi connectivity index (χ2n) is 10.6. The molecule has 1 heterocycles. The first-order chi connectivity index (χ1) is 19.0. The molecule has 4 aromatic rings. The van der Waals surface area contributed by atoms with E-state index in [1.54, 1.807) is 31.3 Å². The lowest BCUT2D eigenvalue weighted by atomic mass is 9.88. The van der Waals surface area contributed by atoms with Gasteiger partial charge in [0.25, 0.3) is 0 Å². The molecule has 1 aliphatic heterocycles. The number of hydrogen-bond acceptors (Lipinski definition) is 3. The predicted molar refractivity (Wildman–Crippen MR) is 168 cm³/mol. The highest BCUT2D eigenvalue weighted by Crippen LogP contribution is 2.31. The molecular formula is C34H39ClN2O2S. The summed E-state index contributed by atoms with van der Waals surface area (Å²) in [6.07, 6.45) is 3.24. The van der Waals surface area contributed by atoms with Crippen molar-refractivity contribution in [1.82, 2.24) is 9.21 Å². The molecule has 4 aromatic carbocycles. The standard InChI is InChI=1S/C34H38N2O2S.ClH/c1-35(39(37,38)34-18-9-4-10-19-34)27-33(32-17-11-16-31(26-32)29-14-7-3-8-15-29)22-25-36-23-20-30(21-24-36)28-12-5-2-6-13-28;/h2-19,26,30,33H,20-25,27H2,1H3;1H. The van der Waals surface area contributed by atoms with Crippen LogP contribution in [0.1, 0.15) is 42.2 Å². The Morgan fingerprint density at radius 1 is 0.775 bits per heavy atom. The lowest BCUT2D eigenvalue weighted by Crippen LogP contribution is -2.36. The zero-order chi connectivity index (χ0) is 27.1. The Hall–Kier alpha value is -2.96. The zero-order valence-corrected chi connectivity index (χ0v) is 24.7. The van der Waals surface area contributed by atoms with E-state index in [9.17, 15) is 8.42 Å². The Morgan fingerprint density at radius 3 is 2.00 bits per heavy atom. The van der Waals surface area contributed by atoms with E-state index in [0.717, 1.165) is 31.6 Å². The summed E-state index contributed by atoms with van der Waals surface area (Å²) in [6.45, 7) is 3.56. The molecule has 6 heteroatoms. The molecular weight excluding hydrogens is 536 g/mol.